The molecule has 0 fully saturated rings. The second kappa shape index (κ2) is 4.48. The summed E-state index contributed by atoms with van der Waals surface area (Å²) in [6.45, 7) is 2.81. The van der Waals surface area contributed by atoms with Crippen molar-refractivity contribution in [1.29, 1.82) is 0 Å². The molecule has 0 N–H and O–H groups in total. The number of para-hydroxylation sites is 1. The number of benzene rings is 1. The molecule has 4 heteroatoms. The van der Waals surface area contributed by atoms with E-state index in [1.807, 2.05) is 16.7 Å². The second-order valence-corrected chi connectivity index (χ2v) is 4.38. The summed E-state index contributed by atoms with van der Waals surface area (Å²) < 4.78 is 1.89. The number of hydrogen-bond acceptors (Lipinski definition) is 1. The van der Waals surface area contributed by atoms with Gasteiger partial charge in [-0.15, -0.1) is 0 Å². The molecule has 0 unspecified atom stereocenters. The Balaban J connectivity index is 2.86. The van der Waals surface area contributed by atoms with Crippen molar-refractivity contribution in [3.8, 4) is 0 Å². The highest BCUT2D eigenvalue weighted by molar-refractivity contribution is 6.38. The molecule has 2 aromatic rings. The Morgan fingerprint density at radius 3 is 2.75 bits per heavy atom. The van der Waals surface area contributed by atoms with Gasteiger partial charge >= 0.3 is 0 Å². The Hall–Kier alpha value is -0.990. The lowest BCUT2D eigenvalue weighted by Gasteiger charge is -2.05. The number of fused-ring (bicyclic) bond motifs is 1. The smallest absolute Gasteiger partial charge is 0.153 e. The summed E-state index contributed by atoms with van der Waals surface area (Å²) in [5.74, 6) is 0. The Kier molecular flexibility index (Phi) is 3.22. The zero-order chi connectivity index (χ0) is 11.7. The third kappa shape index (κ3) is 1.62. The van der Waals surface area contributed by atoms with Gasteiger partial charge in [0.25, 0.3) is 0 Å². The van der Waals surface area contributed by atoms with E-state index in [4.69, 9.17) is 23.2 Å². The zero-order valence-electron chi connectivity index (χ0n) is 8.84. The highest BCUT2D eigenvalue weighted by atomic mass is 35.5. The zero-order valence-corrected chi connectivity index (χ0v) is 10.3. The van der Waals surface area contributed by atoms with E-state index >= 15 is 0 Å². The van der Waals surface area contributed by atoms with Gasteiger partial charge in [-0.2, -0.15) is 0 Å². The Morgan fingerprint density at radius 2 is 2.12 bits per heavy atom. The molecule has 0 radical (unpaired) electrons. The second-order valence-electron chi connectivity index (χ2n) is 3.61. The molecule has 1 heterocycles. The van der Waals surface area contributed by atoms with Crippen molar-refractivity contribution in [3.05, 3.63) is 33.9 Å². The summed E-state index contributed by atoms with van der Waals surface area (Å²) in [6, 6.07) is 5.49. The van der Waals surface area contributed by atoms with E-state index in [9.17, 15) is 4.79 Å². The molecular weight excluding hydrogens is 245 g/mol. The molecule has 0 aliphatic rings. The van der Waals surface area contributed by atoms with Gasteiger partial charge < -0.3 is 4.57 Å². The van der Waals surface area contributed by atoms with E-state index < -0.39 is 0 Å². The molecular formula is C12H11Cl2NO. The average Bonchev–Trinajstić information content (AvgIpc) is 2.54. The number of nitrogens with zero attached hydrogens (tertiary/aromatic N) is 1. The Labute approximate surface area is 104 Å². The summed E-state index contributed by atoms with van der Waals surface area (Å²) >= 11 is 12.3. The van der Waals surface area contributed by atoms with Crippen LogP contribution in [0, 0.1) is 0 Å². The van der Waals surface area contributed by atoms with Crippen LogP contribution >= 0.6 is 23.2 Å². The van der Waals surface area contributed by atoms with Gasteiger partial charge in [-0.05, 0) is 12.5 Å². The normalized spacial score (nSPS) is 10.9. The predicted molar refractivity (Wildman–Crippen MR) is 67.6 cm³/mol. The first-order valence-corrected chi connectivity index (χ1v) is 5.87. The molecule has 1 aromatic carbocycles. The number of aldehydes is 1. The van der Waals surface area contributed by atoms with Gasteiger partial charge in [0.2, 0.25) is 0 Å². The van der Waals surface area contributed by atoms with Crippen LogP contribution in [-0.4, -0.2) is 10.9 Å². The molecule has 1 aromatic heterocycles. The largest absolute Gasteiger partial charge is 0.330 e. The average molecular weight is 256 g/mol. The maximum absolute atomic E-state index is 11.0. The van der Waals surface area contributed by atoms with E-state index in [-0.39, 0.29) is 0 Å². The Morgan fingerprint density at radius 1 is 1.38 bits per heavy atom. The minimum absolute atomic E-state index is 0.472. The van der Waals surface area contributed by atoms with Gasteiger partial charge in [0, 0.05) is 11.9 Å². The first kappa shape index (κ1) is 11.5. The van der Waals surface area contributed by atoms with E-state index in [1.54, 1.807) is 6.07 Å². The number of carbonyl (C=O) groups excluding carboxylic acids is 1. The highest BCUT2D eigenvalue weighted by Crippen LogP contribution is 2.33. The Bertz CT molecular complexity index is 545. The lowest BCUT2D eigenvalue weighted by atomic mass is 10.2. The number of halogens is 2. The van der Waals surface area contributed by atoms with Crippen LogP contribution in [0.2, 0.25) is 10.2 Å². The maximum Gasteiger partial charge on any atom is 0.153 e. The van der Waals surface area contributed by atoms with E-state index in [0.717, 1.165) is 30.2 Å². The third-order valence-corrected chi connectivity index (χ3v) is 3.28. The topological polar surface area (TPSA) is 22.0 Å². The maximum atomic E-state index is 11.0. The summed E-state index contributed by atoms with van der Waals surface area (Å²) in [4.78, 5) is 11.0. The highest BCUT2D eigenvalue weighted by Gasteiger charge is 2.16. The first-order chi connectivity index (χ1) is 7.70. The molecule has 0 saturated carbocycles. The quantitative estimate of drug-likeness (QED) is 0.755. The van der Waals surface area contributed by atoms with Gasteiger partial charge in [0.1, 0.15) is 5.15 Å². The standard InChI is InChI=1S/C12H11Cl2NO/c1-2-6-15-11-8(4-3-5-10(11)13)9(7-16)12(15)14/h3-5,7H,2,6H2,1H3. The monoisotopic (exact) mass is 255 g/mol. The van der Waals surface area contributed by atoms with E-state index in [1.165, 1.54) is 0 Å². The summed E-state index contributed by atoms with van der Waals surface area (Å²) in [5, 5.41) is 1.92. The lowest BCUT2D eigenvalue weighted by Crippen LogP contribution is -1.96. The van der Waals surface area contributed by atoms with Gasteiger partial charge in [-0.1, -0.05) is 42.3 Å². The molecule has 0 atom stereocenters. The molecule has 0 amide bonds. The van der Waals surface area contributed by atoms with Crippen molar-refractivity contribution in [3.63, 3.8) is 0 Å². The van der Waals surface area contributed by atoms with Crippen molar-refractivity contribution < 1.29 is 4.79 Å². The number of aromatic nitrogens is 1. The van der Waals surface area contributed by atoms with Crippen LogP contribution in [0.5, 0.6) is 0 Å². The number of hydrogen-bond donors (Lipinski definition) is 0. The van der Waals surface area contributed by atoms with Gasteiger partial charge in [-0.3, -0.25) is 4.79 Å². The fraction of sp³-hybridized carbons (Fsp3) is 0.250. The minimum Gasteiger partial charge on any atom is -0.330 e. The van der Waals surface area contributed by atoms with Crippen molar-refractivity contribution >= 4 is 40.4 Å². The number of rotatable bonds is 3. The molecule has 0 aliphatic carbocycles. The van der Waals surface area contributed by atoms with Crippen molar-refractivity contribution in [2.75, 3.05) is 0 Å². The van der Waals surface area contributed by atoms with Crippen LogP contribution < -0.4 is 0 Å². The van der Waals surface area contributed by atoms with Crippen LogP contribution in [-0.2, 0) is 6.54 Å². The number of carbonyl (C=O) groups is 1. The molecule has 0 bridgehead atoms. The molecule has 0 aliphatic heterocycles. The van der Waals surface area contributed by atoms with Gasteiger partial charge in [-0.25, -0.2) is 0 Å². The summed E-state index contributed by atoms with van der Waals surface area (Å²) in [5.41, 5.74) is 1.37. The van der Waals surface area contributed by atoms with Gasteiger partial charge in [0.15, 0.2) is 6.29 Å². The van der Waals surface area contributed by atoms with Gasteiger partial charge in [0.05, 0.1) is 16.1 Å². The SMILES string of the molecule is CCCn1c(Cl)c(C=O)c2cccc(Cl)c21. The molecule has 2 nitrogen and oxygen atoms in total. The van der Waals surface area contributed by atoms with E-state index in [0.29, 0.717) is 15.7 Å². The fourth-order valence-electron chi connectivity index (χ4n) is 1.91. The molecule has 2 rings (SSSR count). The van der Waals surface area contributed by atoms with Crippen LogP contribution in [0.1, 0.15) is 23.7 Å². The van der Waals surface area contributed by atoms with Crippen LogP contribution in [0.3, 0.4) is 0 Å². The molecule has 0 saturated heterocycles. The minimum atomic E-state index is 0.472. The summed E-state index contributed by atoms with van der Waals surface area (Å²) in [6.07, 6.45) is 1.72. The van der Waals surface area contributed by atoms with Crippen molar-refractivity contribution in [1.82, 2.24) is 4.57 Å². The summed E-state index contributed by atoms with van der Waals surface area (Å²) in [7, 11) is 0. The van der Waals surface area contributed by atoms with Crippen LogP contribution in [0.4, 0.5) is 0 Å². The van der Waals surface area contributed by atoms with Crippen LogP contribution in [0.15, 0.2) is 18.2 Å². The third-order valence-electron chi connectivity index (χ3n) is 2.57. The van der Waals surface area contributed by atoms with Crippen LogP contribution in [0.25, 0.3) is 10.9 Å². The fourth-order valence-corrected chi connectivity index (χ4v) is 2.50. The number of aryl methyl sites for hydroxylation is 1. The molecule has 84 valence electrons. The molecule has 0 spiro atoms. The molecule has 16 heavy (non-hydrogen) atoms. The van der Waals surface area contributed by atoms with Crippen molar-refractivity contribution in [2.45, 2.75) is 19.9 Å². The van der Waals surface area contributed by atoms with Crippen molar-refractivity contribution in [2.24, 2.45) is 0 Å². The lowest BCUT2D eigenvalue weighted by molar-refractivity contribution is 0.112. The van der Waals surface area contributed by atoms with E-state index in [2.05, 4.69) is 6.92 Å². The first-order valence-electron chi connectivity index (χ1n) is 5.12. The predicted octanol–water partition coefficient (Wildman–Crippen LogP) is 4.17.